The number of halogens is 2. The summed E-state index contributed by atoms with van der Waals surface area (Å²) in [5.74, 6) is 0.200. The normalized spacial score (nSPS) is 12.5. The molecule has 19 heavy (non-hydrogen) atoms. The average molecular weight is 396 g/mol. The van der Waals surface area contributed by atoms with Crippen LogP contribution in [0.3, 0.4) is 0 Å². The van der Waals surface area contributed by atoms with Gasteiger partial charge in [0.15, 0.2) is 0 Å². The van der Waals surface area contributed by atoms with E-state index in [4.69, 9.17) is 16.3 Å². The van der Waals surface area contributed by atoms with Crippen molar-refractivity contribution in [3.05, 3.63) is 32.4 Å². The van der Waals surface area contributed by atoms with Gasteiger partial charge in [-0.25, -0.2) is 0 Å². The summed E-state index contributed by atoms with van der Waals surface area (Å²) in [6, 6.07) is 5.31. The molecule has 0 radical (unpaired) electrons. The van der Waals surface area contributed by atoms with E-state index in [1.165, 1.54) is 0 Å². The fourth-order valence-electron chi connectivity index (χ4n) is 1.53. The van der Waals surface area contributed by atoms with Crippen molar-refractivity contribution in [2.75, 3.05) is 13.2 Å². The van der Waals surface area contributed by atoms with Crippen molar-refractivity contribution < 1.29 is 9.53 Å². The molecule has 1 rings (SSSR count). The Balaban J connectivity index is 2.73. The molecular weight excluding hydrogens is 377 g/mol. The van der Waals surface area contributed by atoms with Gasteiger partial charge in [-0.15, -0.1) is 0 Å². The third-order valence-corrected chi connectivity index (χ3v) is 4.38. The summed E-state index contributed by atoms with van der Waals surface area (Å²) in [6.07, 6.45) is 0. The van der Waals surface area contributed by atoms with Gasteiger partial charge in [-0.3, -0.25) is 4.79 Å². The van der Waals surface area contributed by atoms with Crippen molar-refractivity contribution in [2.24, 2.45) is 5.92 Å². The van der Waals surface area contributed by atoms with Crippen molar-refractivity contribution in [2.45, 2.75) is 26.8 Å². The monoisotopic (exact) mass is 395 g/mol. The summed E-state index contributed by atoms with van der Waals surface area (Å²) in [4.78, 5) is 12.2. The Morgan fingerprint density at radius 2 is 2.16 bits per heavy atom. The maximum Gasteiger partial charge on any atom is 0.251 e. The Bertz CT molecular complexity index is 437. The predicted molar refractivity (Wildman–Crippen MR) is 86.8 cm³/mol. The highest BCUT2D eigenvalue weighted by Gasteiger charge is 2.17. The number of carbonyl (C=O) groups excluding carboxylic acids is 1. The molecule has 106 valence electrons. The molecule has 1 unspecified atom stereocenters. The molecule has 1 aromatic rings. The van der Waals surface area contributed by atoms with Crippen LogP contribution in [0.1, 0.15) is 31.1 Å². The fraction of sp³-hybridized carbons (Fsp3) is 0.500. The zero-order valence-corrected chi connectivity index (χ0v) is 14.3. The van der Waals surface area contributed by atoms with Gasteiger partial charge in [0, 0.05) is 15.7 Å². The summed E-state index contributed by atoms with van der Waals surface area (Å²) in [7, 11) is 0. The van der Waals surface area contributed by atoms with E-state index < -0.39 is 0 Å². The lowest BCUT2D eigenvalue weighted by Gasteiger charge is -2.22. The molecule has 0 aromatic heterocycles. The van der Waals surface area contributed by atoms with Crippen molar-refractivity contribution >= 4 is 40.1 Å². The van der Waals surface area contributed by atoms with Crippen LogP contribution in [0.15, 0.2) is 18.2 Å². The Hall–Kier alpha value is -0.330. The molecule has 1 aromatic carbocycles. The van der Waals surface area contributed by atoms with Gasteiger partial charge in [0.1, 0.15) is 0 Å². The van der Waals surface area contributed by atoms with Crippen LogP contribution in [-0.2, 0) is 4.74 Å². The largest absolute Gasteiger partial charge is 0.380 e. The first-order chi connectivity index (χ1) is 8.95. The molecule has 0 aliphatic heterocycles. The van der Waals surface area contributed by atoms with Crippen LogP contribution in [0.5, 0.6) is 0 Å². The van der Waals surface area contributed by atoms with Crippen LogP contribution in [0, 0.1) is 9.49 Å². The van der Waals surface area contributed by atoms with Crippen LogP contribution in [0.2, 0.25) is 5.02 Å². The van der Waals surface area contributed by atoms with Crippen molar-refractivity contribution in [3.63, 3.8) is 0 Å². The minimum absolute atomic E-state index is 0.00510. The van der Waals surface area contributed by atoms with E-state index in [1.807, 2.05) is 13.0 Å². The number of hydrogen-bond acceptors (Lipinski definition) is 2. The fourth-order valence-corrected chi connectivity index (χ4v) is 2.05. The number of ether oxygens (including phenoxy) is 1. The van der Waals surface area contributed by atoms with E-state index in [-0.39, 0.29) is 11.9 Å². The molecule has 1 atom stereocenters. The van der Waals surface area contributed by atoms with Gasteiger partial charge in [-0.05, 0) is 53.6 Å². The highest BCUT2D eigenvalue weighted by molar-refractivity contribution is 14.1. The van der Waals surface area contributed by atoms with Crippen LogP contribution in [-0.4, -0.2) is 25.2 Å². The van der Waals surface area contributed by atoms with Gasteiger partial charge >= 0.3 is 0 Å². The summed E-state index contributed by atoms with van der Waals surface area (Å²) in [5, 5.41) is 3.59. The molecule has 0 aliphatic rings. The van der Waals surface area contributed by atoms with Gasteiger partial charge in [0.2, 0.25) is 0 Å². The first-order valence-corrected chi connectivity index (χ1v) is 7.75. The lowest BCUT2D eigenvalue weighted by Crippen LogP contribution is -2.41. The Kier molecular flexibility index (Phi) is 7.10. The van der Waals surface area contributed by atoms with E-state index in [1.54, 1.807) is 12.1 Å². The predicted octanol–water partition coefficient (Wildman–Crippen LogP) is 3.74. The summed E-state index contributed by atoms with van der Waals surface area (Å²) >= 11 is 8.16. The van der Waals surface area contributed by atoms with Gasteiger partial charge in [-0.1, -0.05) is 25.4 Å². The first kappa shape index (κ1) is 16.7. The van der Waals surface area contributed by atoms with Crippen LogP contribution in [0.25, 0.3) is 0 Å². The minimum Gasteiger partial charge on any atom is -0.380 e. The molecule has 0 aliphatic carbocycles. The Morgan fingerprint density at radius 1 is 1.47 bits per heavy atom. The number of hydrogen-bond donors (Lipinski definition) is 1. The Labute approximate surface area is 133 Å². The lowest BCUT2D eigenvalue weighted by atomic mass is 10.0. The Morgan fingerprint density at radius 3 is 2.68 bits per heavy atom. The molecule has 0 spiro atoms. The van der Waals surface area contributed by atoms with E-state index >= 15 is 0 Å². The van der Waals surface area contributed by atoms with E-state index in [0.717, 1.165) is 3.57 Å². The van der Waals surface area contributed by atoms with Crippen molar-refractivity contribution in [3.8, 4) is 0 Å². The molecule has 0 heterocycles. The third-order valence-electron chi connectivity index (χ3n) is 2.80. The quantitative estimate of drug-likeness (QED) is 0.745. The number of nitrogens with one attached hydrogen (secondary N) is 1. The molecular formula is C14H19ClINO2. The lowest BCUT2D eigenvalue weighted by molar-refractivity contribution is 0.0806. The number of amides is 1. The van der Waals surface area contributed by atoms with Gasteiger partial charge in [0.25, 0.3) is 5.91 Å². The number of carbonyl (C=O) groups is 1. The standard InChI is InChI=1S/C14H19ClINO2/c1-4-19-8-13(9(2)3)17-14(18)10-5-6-12(16)11(15)7-10/h5-7,9,13H,4,8H2,1-3H3,(H,17,18). The second-order valence-corrected chi connectivity index (χ2v) is 6.18. The molecule has 1 N–H and O–H groups in total. The zero-order chi connectivity index (χ0) is 14.4. The first-order valence-electron chi connectivity index (χ1n) is 6.29. The van der Waals surface area contributed by atoms with Gasteiger partial charge in [0.05, 0.1) is 17.7 Å². The SMILES string of the molecule is CCOCC(NC(=O)c1ccc(I)c(Cl)c1)C(C)C. The second kappa shape index (κ2) is 8.07. The molecule has 0 saturated heterocycles. The van der Waals surface area contributed by atoms with Crippen LogP contribution in [0.4, 0.5) is 0 Å². The molecule has 0 saturated carbocycles. The highest BCUT2D eigenvalue weighted by Crippen LogP contribution is 2.19. The number of rotatable bonds is 6. The van der Waals surface area contributed by atoms with Gasteiger partial charge in [-0.2, -0.15) is 0 Å². The maximum absolute atomic E-state index is 12.2. The third kappa shape index (κ3) is 5.28. The van der Waals surface area contributed by atoms with E-state index in [9.17, 15) is 4.79 Å². The second-order valence-electron chi connectivity index (χ2n) is 4.61. The molecule has 1 amide bonds. The van der Waals surface area contributed by atoms with Crippen molar-refractivity contribution in [1.29, 1.82) is 0 Å². The maximum atomic E-state index is 12.2. The molecule has 3 nitrogen and oxygen atoms in total. The van der Waals surface area contributed by atoms with Crippen LogP contribution < -0.4 is 5.32 Å². The van der Waals surface area contributed by atoms with E-state index in [0.29, 0.717) is 29.7 Å². The highest BCUT2D eigenvalue weighted by atomic mass is 127. The summed E-state index contributed by atoms with van der Waals surface area (Å²) < 4.78 is 6.33. The average Bonchev–Trinajstić information content (AvgIpc) is 2.37. The molecule has 5 heteroatoms. The molecule has 0 bridgehead atoms. The van der Waals surface area contributed by atoms with Crippen molar-refractivity contribution in [1.82, 2.24) is 5.32 Å². The summed E-state index contributed by atoms with van der Waals surface area (Å²) in [6.45, 7) is 7.24. The smallest absolute Gasteiger partial charge is 0.251 e. The van der Waals surface area contributed by atoms with E-state index in [2.05, 4.69) is 41.8 Å². The van der Waals surface area contributed by atoms with Gasteiger partial charge < -0.3 is 10.1 Å². The minimum atomic E-state index is -0.114. The zero-order valence-electron chi connectivity index (χ0n) is 11.4. The van der Waals surface area contributed by atoms with Crippen LogP contribution >= 0.6 is 34.2 Å². The molecule has 0 fully saturated rings. The summed E-state index contributed by atoms with van der Waals surface area (Å²) in [5.41, 5.74) is 0.576. The number of benzene rings is 1. The topological polar surface area (TPSA) is 38.3 Å².